The van der Waals surface area contributed by atoms with Crippen LogP contribution in [0.3, 0.4) is 0 Å². The lowest BCUT2D eigenvalue weighted by molar-refractivity contribution is -0.0890. The highest BCUT2D eigenvalue weighted by atomic mass is 16.6. The van der Waals surface area contributed by atoms with Gasteiger partial charge in [0.15, 0.2) is 24.2 Å². The molecule has 0 aliphatic carbocycles. The highest BCUT2D eigenvalue weighted by Crippen LogP contribution is 2.36. The van der Waals surface area contributed by atoms with Crippen molar-refractivity contribution in [1.29, 1.82) is 0 Å². The third-order valence-electron chi connectivity index (χ3n) is 4.26. The van der Waals surface area contributed by atoms with Gasteiger partial charge in [-0.1, -0.05) is 0 Å². The van der Waals surface area contributed by atoms with Crippen LogP contribution in [-0.2, 0) is 9.47 Å². The molecule has 1 fully saturated rings. The van der Waals surface area contributed by atoms with Gasteiger partial charge in [0.05, 0.1) is 13.3 Å². The minimum atomic E-state index is -0.931. The van der Waals surface area contributed by atoms with Gasteiger partial charge >= 0.3 is 0 Å². The number of nitrogens with one attached hydrogen (secondary N) is 1. The summed E-state index contributed by atoms with van der Waals surface area (Å²) in [5.41, 5.74) is 5.51. The summed E-state index contributed by atoms with van der Waals surface area (Å²) < 4.78 is 11.1. The van der Waals surface area contributed by atoms with Gasteiger partial charge < -0.3 is 40.5 Å². The topological polar surface area (TPSA) is 116 Å². The number of ether oxygens (including phenoxy) is 2. The number of methoxy groups -OCH3 is 1. The molecule has 4 atom stereocenters. The van der Waals surface area contributed by atoms with E-state index in [0.29, 0.717) is 18.2 Å². The number of hydrogen-bond donors (Lipinski definition) is 4. The molecule has 3 heterocycles. The largest absolute Gasteiger partial charge is 0.385 e. The van der Waals surface area contributed by atoms with Crippen LogP contribution in [0.4, 0.5) is 0 Å². The Morgan fingerprint density at radius 2 is 2.24 bits per heavy atom. The molecule has 0 radical (unpaired) electrons. The zero-order valence-corrected chi connectivity index (χ0v) is 12.3. The third-order valence-corrected chi connectivity index (χ3v) is 4.26. The second-order valence-electron chi connectivity index (χ2n) is 5.73. The van der Waals surface area contributed by atoms with Gasteiger partial charge in [-0.25, -0.2) is 0 Å². The Bertz CT molecular complexity index is 510. The normalized spacial score (nSPS) is 39.5. The summed E-state index contributed by atoms with van der Waals surface area (Å²) in [6.07, 6.45) is -2.38. The minimum absolute atomic E-state index is 0.128. The van der Waals surface area contributed by atoms with E-state index in [-0.39, 0.29) is 12.6 Å². The van der Waals surface area contributed by atoms with Crippen molar-refractivity contribution < 1.29 is 19.7 Å². The van der Waals surface area contributed by atoms with Gasteiger partial charge in [0.2, 0.25) is 0 Å². The van der Waals surface area contributed by atoms with Crippen LogP contribution in [-0.4, -0.2) is 77.6 Å². The molecule has 0 aromatic carbocycles. The zero-order valence-electron chi connectivity index (χ0n) is 12.3. The molecule has 0 amide bonds. The summed E-state index contributed by atoms with van der Waals surface area (Å²) in [6, 6.07) is 0. The van der Waals surface area contributed by atoms with Crippen LogP contribution in [0.1, 0.15) is 6.92 Å². The van der Waals surface area contributed by atoms with Gasteiger partial charge in [-0.3, -0.25) is 0 Å². The Morgan fingerprint density at radius 3 is 2.86 bits per heavy atom. The molecule has 3 rings (SSSR count). The van der Waals surface area contributed by atoms with E-state index in [1.54, 1.807) is 18.9 Å². The first-order chi connectivity index (χ1) is 9.87. The molecule has 9 nitrogen and oxygen atoms in total. The van der Waals surface area contributed by atoms with E-state index in [0.717, 1.165) is 0 Å². The standard InChI is InChI=1S/C12H21N5O4/c1-12(20-3)4-21-10(7(12)18)17-5-16(2)6-8(17)14-11(13)15-9(6)19/h7,9-10,18-19H,4-5H2,1-3H3,(H3,13,14,15)/t7?,9?,10-,12?/m0/s1. The molecule has 9 heteroatoms. The van der Waals surface area contributed by atoms with Gasteiger partial charge in [0.25, 0.3) is 0 Å². The van der Waals surface area contributed by atoms with Crippen molar-refractivity contribution in [3.05, 3.63) is 11.5 Å². The van der Waals surface area contributed by atoms with Gasteiger partial charge in [-0.05, 0) is 6.92 Å². The fourth-order valence-corrected chi connectivity index (χ4v) is 2.87. The van der Waals surface area contributed by atoms with Crippen LogP contribution in [0.5, 0.6) is 0 Å². The number of aliphatic hydroxyl groups excluding tert-OH is 2. The van der Waals surface area contributed by atoms with E-state index >= 15 is 0 Å². The first-order valence-corrected chi connectivity index (χ1v) is 6.73. The summed E-state index contributed by atoms with van der Waals surface area (Å²) in [5, 5.41) is 23.2. The number of likely N-dealkylation sites (N-methyl/N-ethyl adjacent to an activating group) is 1. The molecule has 3 aliphatic heterocycles. The van der Waals surface area contributed by atoms with E-state index in [2.05, 4.69) is 10.3 Å². The maximum absolute atomic E-state index is 10.5. The average molecular weight is 299 g/mol. The van der Waals surface area contributed by atoms with Crippen molar-refractivity contribution in [3.8, 4) is 0 Å². The molecule has 118 valence electrons. The molecule has 0 saturated carbocycles. The Labute approximate surface area is 122 Å². The van der Waals surface area contributed by atoms with Gasteiger partial charge in [-0.15, -0.1) is 0 Å². The Hall–Kier alpha value is -1.55. The van der Waals surface area contributed by atoms with E-state index in [1.165, 1.54) is 0 Å². The molecule has 3 unspecified atom stereocenters. The van der Waals surface area contributed by atoms with Crippen molar-refractivity contribution in [2.24, 2.45) is 10.7 Å². The summed E-state index contributed by atoms with van der Waals surface area (Å²) in [7, 11) is 3.37. The Kier molecular flexibility index (Phi) is 3.24. The van der Waals surface area contributed by atoms with E-state index in [9.17, 15) is 10.2 Å². The lowest BCUT2D eigenvalue weighted by Gasteiger charge is -2.32. The van der Waals surface area contributed by atoms with Crippen molar-refractivity contribution in [2.45, 2.75) is 31.1 Å². The van der Waals surface area contributed by atoms with Crippen LogP contribution >= 0.6 is 0 Å². The van der Waals surface area contributed by atoms with Crippen LogP contribution in [0, 0.1) is 0 Å². The number of nitrogens with zero attached hydrogens (tertiary/aromatic N) is 3. The lowest BCUT2D eigenvalue weighted by Crippen LogP contribution is -2.49. The maximum Gasteiger partial charge on any atom is 0.197 e. The van der Waals surface area contributed by atoms with Gasteiger partial charge in [0, 0.05) is 14.2 Å². The van der Waals surface area contributed by atoms with E-state index in [4.69, 9.17) is 15.2 Å². The molecule has 5 N–H and O–H groups in total. The number of aliphatic imine (C=N–C) groups is 1. The fraction of sp³-hybridized carbons (Fsp3) is 0.750. The van der Waals surface area contributed by atoms with Crippen molar-refractivity contribution >= 4 is 5.96 Å². The molecular formula is C12H21N5O4. The predicted octanol–water partition coefficient (Wildman–Crippen LogP) is -2.28. The third kappa shape index (κ3) is 2.04. The summed E-state index contributed by atoms with van der Waals surface area (Å²) in [4.78, 5) is 7.85. The number of hydrogen-bond acceptors (Lipinski definition) is 9. The summed E-state index contributed by atoms with van der Waals surface area (Å²) in [5.74, 6) is 0.634. The molecule has 1 saturated heterocycles. The molecule has 3 aliphatic rings. The summed E-state index contributed by atoms with van der Waals surface area (Å²) >= 11 is 0. The molecular weight excluding hydrogens is 278 g/mol. The maximum atomic E-state index is 10.5. The highest BCUT2D eigenvalue weighted by molar-refractivity contribution is 5.80. The van der Waals surface area contributed by atoms with Crippen LogP contribution < -0.4 is 11.1 Å². The second kappa shape index (κ2) is 4.73. The minimum Gasteiger partial charge on any atom is -0.385 e. The average Bonchev–Trinajstić information content (AvgIpc) is 2.89. The van der Waals surface area contributed by atoms with E-state index < -0.39 is 24.2 Å². The summed E-state index contributed by atoms with van der Waals surface area (Å²) in [6.45, 7) is 2.50. The molecule has 0 spiro atoms. The van der Waals surface area contributed by atoms with Crippen molar-refractivity contribution in [2.75, 3.05) is 27.4 Å². The monoisotopic (exact) mass is 299 g/mol. The molecule has 0 aromatic heterocycles. The SMILES string of the molecule is COC1(C)CO[C@H](N2CN(C)C3=C2N=C(N)NC3O)C1O. The zero-order chi connectivity index (χ0) is 15.4. The number of guanidine groups is 1. The van der Waals surface area contributed by atoms with Crippen LogP contribution in [0.25, 0.3) is 0 Å². The number of rotatable bonds is 2. The molecule has 0 aromatic rings. The first kappa shape index (κ1) is 14.4. The second-order valence-corrected chi connectivity index (χ2v) is 5.73. The number of nitrogens with two attached hydrogens (primary N) is 1. The van der Waals surface area contributed by atoms with Crippen molar-refractivity contribution in [1.82, 2.24) is 15.1 Å². The van der Waals surface area contributed by atoms with Crippen molar-refractivity contribution in [3.63, 3.8) is 0 Å². The predicted molar refractivity (Wildman–Crippen MR) is 73.4 cm³/mol. The van der Waals surface area contributed by atoms with Crippen LogP contribution in [0.2, 0.25) is 0 Å². The van der Waals surface area contributed by atoms with E-state index in [1.807, 2.05) is 11.9 Å². The smallest absolute Gasteiger partial charge is 0.197 e. The fourth-order valence-electron chi connectivity index (χ4n) is 2.87. The van der Waals surface area contributed by atoms with Gasteiger partial charge in [0.1, 0.15) is 17.4 Å². The van der Waals surface area contributed by atoms with Crippen LogP contribution in [0.15, 0.2) is 16.5 Å². The Morgan fingerprint density at radius 1 is 1.52 bits per heavy atom. The first-order valence-electron chi connectivity index (χ1n) is 6.73. The van der Waals surface area contributed by atoms with Gasteiger partial charge in [-0.2, -0.15) is 4.99 Å². The quantitative estimate of drug-likeness (QED) is 0.451. The highest BCUT2D eigenvalue weighted by Gasteiger charge is 2.51. The molecule has 21 heavy (non-hydrogen) atoms. The Balaban J connectivity index is 1.91. The number of aliphatic hydroxyl groups is 2. The molecule has 0 bridgehead atoms. The lowest BCUT2D eigenvalue weighted by atomic mass is 10.0.